The minimum absolute atomic E-state index is 0. The maximum absolute atomic E-state index is 11.4. The van der Waals surface area contributed by atoms with Crippen LogP contribution in [0.5, 0.6) is 0 Å². The zero-order valence-electron chi connectivity index (χ0n) is 15.5. The number of hydrogen-bond donors (Lipinski definition) is 2. The SMILES string of the molecule is CCS(=O)(=O)NCCCNC(=NC)N1CCN(c2ccccc2)CC1.I. The van der Waals surface area contributed by atoms with Crippen molar-refractivity contribution in [3.8, 4) is 0 Å². The van der Waals surface area contributed by atoms with E-state index in [2.05, 4.69) is 49.1 Å². The Morgan fingerprint density at radius 2 is 1.77 bits per heavy atom. The van der Waals surface area contributed by atoms with Gasteiger partial charge in [0.2, 0.25) is 10.0 Å². The minimum atomic E-state index is -3.10. The standard InChI is InChI=1S/C17H29N5O2S.HI/c1-3-25(23,24)20-11-7-10-19-17(18-2)22-14-12-21(13-15-22)16-8-5-4-6-9-16;/h4-6,8-9,20H,3,7,10-15H2,1-2H3,(H,18,19);1H. The van der Waals surface area contributed by atoms with Gasteiger partial charge in [-0.15, -0.1) is 24.0 Å². The summed E-state index contributed by atoms with van der Waals surface area (Å²) in [5.74, 6) is 0.999. The summed E-state index contributed by atoms with van der Waals surface area (Å²) in [6.45, 7) is 6.52. The molecule has 1 aliphatic heterocycles. The number of para-hydroxylation sites is 1. The van der Waals surface area contributed by atoms with Crippen molar-refractivity contribution in [2.75, 3.05) is 57.0 Å². The molecule has 2 N–H and O–H groups in total. The summed E-state index contributed by atoms with van der Waals surface area (Å²) in [5, 5.41) is 3.32. The van der Waals surface area contributed by atoms with E-state index in [4.69, 9.17) is 0 Å². The van der Waals surface area contributed by atoms with Crippen LogP contribution in [0.4, 0.5) is 5.69 Å². The molecule has 1 aromatic carbocycles. The molecule has 1 heterocycles. The first-order valence-corrected chi connectivity index (χ1v) is 10.4. The number of anilines is 1. The molecular formula is C17H30IN5O2S. The van der Waals surface area contributed by atoms with Gasteiger partial charge in [-0.1, -0.05) is 18.2 Å². The van der Waals surface area contributed by atoms with Crippen molar-refractivity contribution < 1.29 is 8.42 Å². The Morgan fingerprint density at radius 1 is 1.12 bits per heavy atom. The predicted molar refractivity (Wildman–Crippen MR) is 119 cm³/mol. The van der Waals surface area contributed by atoms with Crippen molar-refractivity contribution in [3.05, 3.63) is 30.3 Å². The van der Waals surface area contributed by atoms with E-state index in [1.165, 1.54) is 5.69 Å². The van der Waals surface area contributed by atoms with Crippen LogP contribution in [0, 0.1) is 0 Å². The molecule has 0 unspecified atom stereocenters. The zero-order chi connectivity index (χ0) is 18.1. The first-order valence-electron chi connectivity index (χ1n) is 8.78. The van der Waals surface area contributed by atoms with Crippen LogP contribution >= 0.6 is 24.0 Å². The van der Waals surface area contributed by atoms with Gasteiger partial charge in [0.05, 0.1) is 5.75 Å². The highest BCUT2D eigenvalue weighted by atomic mass is 127. The molecule has 0 amide bonds. The molecule has 1 aromatic rings. The average Bonchev–Trinajstić information content (AvgIpc) is 2.65. The second-order valence-corrected chi connectivity index (χ2v) is 8.03. The lowest BCUT2D eigenvalue weighted by Gasteiger charge is -2.37. The van der Waals surface area contributed by atoms with E-state index < -0.39 is 10.0 Å². The molecule has 26 heavy (non-hydrogen) atoms. The predicted octanol–water partition coefficient (Wildman–Crippen LogP) is 1.33. The summed E-state index contributed by atoms with van der Waals surface area (Å²) in [6.07, 6.45) is 0.724. The molecule has 148 valence electrons. The first-order chi connectivity index (χ1) is 12.1. The number of aliphatic imine (C=N–C) groups is 1. The van der Waals surface area contributed by atoms with Gasteiger partial charge in [-0.05, 0) is 25.5 Å². The van der Waals surface area contributed by atoms with Crippen LogP contribution < -0.4 is 14.9 Å². The van der Waals surface area contributed by atoms with Gasteiger partial charge in [0, 0.05) is 52.0 Å². The van der Waals surface area contributed by atoms with Crippen LogP contribution in [0.15, 0.2) is 35.3 Å². The van der Waals surface area contributed by atoms with Crippen molar-refractivity contribution in [3.63, 3.8) is 0 Å². The van der Waals surface area contributed by atoms with Gasteiger partial charge in [-0.3, -0.25) is 4.99 Å². The molecule has 0 spiro atoms. The second-order valence-electron chi connectivity index (χ2n) is 5.93. The third-order valence-electron chi connectivity index (χ3n) is 4.25. The Hall–Kier alpha value is -1.07. The lowest BCUT2D eigenvalue weighted by Crippen LogP contribution is -2.52. The Balaban J connectivity index is 0.00000338. The number of benzene rings is 1. The monoisotopic (exact) mass is 495 g/mol. The average molecular weight is 495 g/mol. The maximum atomic E-state index is 11.4. The topological polar surface area (TPSA) is 77.0 Å². The molecular weight excluding hydrogens is 465 g/mol. The minimum Gasteiger partial charge on any atom is -0.368 e. The van der Waals surface area contributed by atoms with Gasteiger partial charge >= 0.3 is 0 Å². The van der Waals surface area contributed by atoms with E-state index in [1.54, 1.807) is 14.0 Å². The number of piperazine rings is 1. The van der Waals surface area contributed by atoms with E-state index in [0.29, 0.717) is 13.1 Å². The van der Waals surface area contributed by atoms with Gasteiger partial charge in [0.15, 0.2) is 5.96 Å². The van der Waals surface area contributed by atoms with E-state index in [1.807, 2.05) is 6.07 Å². The van der Waals surface area contributed by atoms with E-state index in [9.17, 15) is 8.42 Å². The highest BCUT2D eigenvalue weighted by Crippen LogP contribution is 2.15. The first kappa shape index (κ1) is 23.0. The van der Waals surface area contributed by atoms with Gasteiger partial charge in [0.1, 0.15) is 0 Å². The summed E-state index contributed by atoms with van der Waals surface area (Å²) in [7, 11) is -1.32. The van der Waals surface area contributed by atoms with E-state index >= 15 is 0 Å². The fourth-order valence-electron chi connectivity index (χ4n) is 2.77. The van der Waals surface area contributed by atoms with Gasteiger partial charge in [-0.2, -0.15) is 0 Å². The molecule has 0 atom stereocenters. The molecule has 0 aromatic heterocycles. The summed E-state index contributed by atoms with van der Waals surface area (Å²) >= 11 is 0. The normalized spacial score (nSPS) is 15.5. The number of nitrogens with one attached hydrogen (secondary N) is 2. The Bertz CT molecular complexity index is 646. The van der Waals surface area contributed by atoms with E-state index in [0.717, 1.165) is 38.6 Å². The fraction of sp³-hybridized carbons (Fsp3) is 0.588. The van der Waals surface area contributed by atoms with Crippen molar-refractivity contribution in [1.82, 2.24) is 14.9 Å². The molecule has 1 fully saturated rings. The van der Waals surface area contributed by atoms with Crippen molar-refractivity contribution in [2.45, 2.75) is 13.3 Å². The largest absolute Gasteiger partial charge is 0.368 e. The van der Waals surface area contributed by atoms with Gasteiger partial charge in [-0.25, -0.2) is 13.1 Å². The highest BCUT2D eigenvalue weighted by Gasteiger charge is 2.19. The molecule has 1 aliphatic rings. The van der Waals surface area contributed by atoms with Crippen molar-refractivity contribution >= 4 is 45.6 Å². The number of guanidine groups is 1. The van der Waals surface area contributed by atoms with Gasteiger partial charge < -0.3 is 15.1 Å². The number of hydrogen-bond acceptors (Lipinski definition) is 4. The molecule has 0 bridgehead atoms. The second kappa shape index (κ2) is 11.6. The number of sulfonamides is 1. The lowest BCUT2D eigenvalue weighted by molar-refractivity contribution is 0.372. The van der Waals surface area contributed by atoms with Gasteiger partial charge in [0.25, 0.3) is 0 Å². The number of nitrogens with zero attached hydrogens (tertiary/aromatic N) is 3. The smallest absolute Gasteiger partial charge is 0.211 e. The molecule has 0 saturated carbocycles. The highest BCUT2D eigenvalue weighted by molar-refractivity contribution is 14.0. The molecule has 0 aliphatic carbocycles. The maximum Gasteiger partial charge on any atom is 0.211 e. The summed E-state index contributed by atoms with van der Waals surface area (Å²) in [4.78, 5) is 8.97. The van der Waals surface area contributed by atoms with Crippen molar-refractivity contribution in [2.24, 2.45) is 4.99 Å². The zero-order valence-corrected chi connectivity index (χ0v) is 18.7. The third-order valence-corrected chi connectivity index (χ3v) is 5.66. The van der Waals surface area contributed by atoms with Crippen molar-refractivity contribution in [1.29, 1.82) is 0 Å². The summed E-state index contributed by atoms with van der Waals surface area (Å²) < 4.78 is 25.3. The van der Waals surface area contributed by atoms with Crippen LogP contribution in [0.3, 0.4) is 0 Å². The molecule has 1 saturated heterocycles. The summed E-state index contributed by atoms with van der Waals surface area (Å²) in [6, 6.07) is 10.4. The molecule has 9 heteroatoms. The quantitative estimate of drug-likeness (QED) is 0.259. The number of rotatable bonds is 7. The Morgan fingerprint density at radius 3 is 2.35 bits per heavy atom. The van der Waals surface area contributed by atoms with Crippen LogP contribution in [0.25, 0.3) is 0 Å². The molecule has 0 radical (unpaired) electrons. The van der Waals surface area contributed by atoms with Crippen LogP contribution in [-0.4, -0.2) is 71.3 Å². The Labute approximate surface area is 174 Å². The molecule has 7 nitrogen and oxygen atoms in total. The lowest BCUT2D eigenvalue weighted by atomic mass is 10.2. The Kier molecular flexibility index (Phi) is 10.3. The summed E-state index contributed by atoms with van der Waals surface area (Å²) in [5.41, 5.74) is 1.26. The molecule has 2 rings (SSSR count). The van der Waals surface area contributed by atoms with Crippen LogP contribution in [0.2, 0.25) is 0 Å². The van der Waals surface area contributed by atoms with E-state index in [-0.39, 0.29) is 29.7 Å². The van der Waals surface area contributed by atoms with Crippen LogP contribution in [0.1, 0.15) is 13.3 Å². The van der Waals surface area contributed by atoms with Crippen LogP contribution in [-0.2, 0) is 10.0 Å². The fourth-order valence-corrected chi connectivity index (χ4v) is 3.43. The number of halogens is 1. The third kappa shape index (κ3) is 7.28.